The van der Waals surface area contributed by atoms with Gasteiger partial charge in [-0.25, -0.2) is 4.98 Å². The van der Waals surface area contributed by atoms with Gasteiger partial charge in [-0.1, -0.05) is 6.42 Å². The highest BCUT2D eigenvalue weighted by atomic mass is 35.5. The summed E-state index contributed by atoms with van der Waals surface area (Å²) in [6.45, 7) is 9.22. The molecule has 0 aliphatic carbocycles. The van der Waals surface area contributed by atoms with Gasteiger partial charge < -0.3 is 14.5 Å². The Morgan fingerprint density at radius 1 is 1.00 bits per heavy atom. The number of likely N-dealkylation sites (tertiary alicyclic amines) is 2. The van der Waals surface area contributed by atoms with Gasteiger partial charge in [0.05, 0.1) is 23.4 Å². The first kappa shape index (κ1) is 19.9. The molecule has 0 radical (unpaired) electrons. The van der Waals surface area contributed by atoms with Gasteiger partial charge in [0, 0.05) is 43.6 Å². The highest BCUT2D eigenvalue weighted by Crippen LogP contribution is 2.34. The SMILES string of the molecule is Clc1nc(N2CCOCC2)c2sc(CN3CCC(N4CCCCC4)CC3)cc2n1. The van der Waals surface area contributed by atoms with E-state index in [4.69, 9.17) is 16.3 Å². The van der Waals surface area contributed by atoms with Crippen LogP contribution in [0, 0.1) is 0 Å². The van der Waals surface area contributed by atoms with E-state index in [1.54, 1.807) is 0 Å². The summed E-state index contributed by atoms with van der Waals surface area (Å²) in [7, 11) is 0. The summed E-state index contributed by atoms with van der Waals surface area (Å²) in [6.07, 6.45) is 6.79. The number of fused-ring (bicyclic) bond motifs is 1. The van der Waals surface area contributed by atoms with E-state index in [2.05, 4.69) is 30.7 Å². The first-order chi connectivity index (χ1) is 14.3. The second-order valence-corrected chi connectivity index (χ2v) is 9.92. The number of anilines is 1. The second-order valence-electron chi connectivity index (χ2n) is 8.45. The van der Waals surface area contributed by atoms with E-state index in [1.165, 1.54) is 63.2 Å². The summed E-state index contributed by atoms with van der Waals surface area (Å²) in [5.74, 6) is 0.975. The van der Waals surface area contributed by atoms with Gasteiger partial charge in [0.2, 0.25) is 5.28 Å². The number of aromatic nitrogens is 2. The van der Waals surface area contributed by atoms with Gasteiger partial charge >= 0.3 is 0 Å². The third-order valence-corrected chi connectivity index (χ3v) is 7.81. The van der Waals surface area contributed by atoms with Crippen LogP contribution in [0.25, 0.3) is 10.2 Å². The van der Waals surface area contributed by atoms with Crippen molar-refractivity contribution in [2.45, 2.75) is 44.7 Å². The Morgan fingerprint density at radius 3 is 2.52 bits per heavy atom. The summed E-state index contributed by atoms with van der Waals surface area (Å²) in [5, 5.41) is 0.339. The molecule has 3 fully saturated rings. The van der Waals surface area contributed by atoms with Crippen molar-refractivity contribution < 1.29 is 4.74 Å². The van der Waals surface area contributed by atoms with Crippen LogP contribution in [-0.2, 0) is 11.3 Å². The molecule has 0 amide bonds. The third-order valence-electron chi connectivity index (χ3n) is 6.53. The molecule has 6 nitrogen and oxygen atoms in total. The Morgan fingerprint density at radius 2 is 1.76 bits per heavy atom. The van der Waals surface area contributed by atoms with E-state index in [0.29, 0.717) is 5.28 Å². The van der Waals surface area contributed by atoms with Crippen molar-refractivity contribution in [2.75, 3.05) is 57.4 Å². The van der Waals surface area contributed by atoms with Crippen molar-refractivity contribution in [3.05, 3.63) is 16.2 Å². The Balaban J connectivity index is 1.26. The predicted octanol–water partition coefficient (Wildman–Crippen LogP) is 3.63. The van der Waals surface area contributed by atoms with Crippen molar-refractivity contribution in [3.8, 4) is 0 Å². The first-order valence-electron chi connectivity index (χ1n) is 11.0. The lowest BCUT2D eigenvalue weighted by Crippen LogP contribution is -2.46. The maximum atomic E-state index is 6.24. The van der Waals surface area contributed by atoms with Crippen LogP contribution in [0.15, 0.2) is 6.07 Å². The molecule has 0 N–H and O–H groups in total. The van der Waals surface area contributed by atoms with Crippen molar-refractivity contribution in [1.82, 2.24) is 19.8 Å². The minimum Gasteiger partial charge on any atom is -0.378 e. The fourth-order valence-electron chi connectivity index (χ4n) is 4.95. The number of thiophene rings is 1. The van der Waals surface area contributed by atoms with Crippen molar-refractivity contribution >= 4 is 39.0 Å². The molecule has 0 bridgehead atoms. The highest BCUT2D eigenvalue weighted by molar-refractivity contribution is 7.19. The van der Waals surface area contributed by atoms with Crippen LogP contribution in [0.3, 0.4) is 0 Å². The maximum Gasteiger partial charge on any atom is 0.224 e. The summed E-state index contributed by atoms with van der Waals surface area (Å²) < 4.78 is 6.66. The van der Waals surface area contributed by atoms with Gasteiger partial charge in [-0.2, -0.15) is 4.98 Å². The van der Waals surface area contributed by atoms with Gasteiger partial charge in [0.1, 0.15) is 0 Å². The number of morpholine rings is 1. The molecule has 2 aromatic rings. The monoisotopic (exact) mass is 435 g/mol. The molecule has 0 saturated carbocycles. The molecule has 3 saturated heterocycles. The average molecular weight is 436 g/mol. The molecule has 5 rings (SSSR count). The smallest absolute Gasteiger partial charge is 0.224 e. The standard InChI is InChI=1S/C21H30ClN5OS/c22-21-23-18-14-17(29-19(18)20(24-21)27-10-12-28-13-11-27)15-25-8-4-16(5-9-25)26-6-2-1-3-7-26/h14,16H,1-13,15H2. The van der Waals surface area contributed by atoms with Gasteiger partial charge in [-0.3, -0.25) is 4.90 Å². The number of nitrogens with zero attached hydrogens (tertiary/aromatic N) is 5. The van der Waals surface area contributed by atoms with Crippen LogP contribution in [0.1, 0.15) is 37.0 Å². The van der Waals surface area contributed by atoms with Gasteiger partial charge in [-0.15, -0.1) is 11.3 Å². The molecule has 0 unspecified atom stereocenters. The molecule has 3 aliphatic rings. The van der Waals surface area contributed by atoms with Crippen molar-refractivity contribution in [1.29, 1.82) is 0 Å². The van der Waals surface area contributed by atoms with Gasteiger partial charge in [0.15, 0.2) is 5.82 Å². The second kappa shape index (κ2) is 9.02. The molecule has 2 aromatic heterocycles. The normalized spacial score (nSPS) is 23.1. The van der Waals surface area contributed by atoms with E-state index in [1.807, 2.05) is 11.3 Å². The fourth-order valence-corrected chi connectivity index (χ4v) is 6.28. The highest BCUT2D eigenvalue weighted by Gasteiger charge is 2.26. The molecule has 158 valence electrons. The number of piperidine rings is 2. The Hall–Kier alpha value is -0.990. The van der Waals surface area contributed by atoms with E-state index < -0.39 is 0 Å². The van der Waals surface area contributed by atoms with E-state index >= 15 is 0 Å². The Kier molecular flexibility index (Phi) is 6.20. The van der Waals surface area contributed by atoms with Crippen molar-refractivity contribution in [2.24, 2.45) is 0 Å². The van der Waals surface area contributed by atoms with Gasteiger partial charge in [-0.05, 0) is 56.4 Å². The Labute approximate surface area is 181 Å². The first-order valence-corrected chi connectivity index (χ1v) is 12.2. The minimum atomic E-state index is 0.339. The molecule has 0 spiro atoms. The van der Waals surface area contributed by atoms with Crippen LogP contribution in [0.5, 0.6) is 0 Å². The lowest BCUT2D eigenvalue weighted by Gasteiger charge is -2.40. The number of ether oxygens (including phenoxy) is 1. The topological polar surface area (TPSA) is 44.7 Å². The average Bonchev–Trinajstić information content (AvgIpc) is 3.17. The van der Waals surface area contributed by atoms with E-state index in [0.717, 1.165) is 54.9 Å². The Bertz CT molecular complexity index is 826. The third kappa shape index (κ3) is 4.54. The molecule has 8 heteroatoms. The van der Waals surface area contributed by atoms with Crippen LogP contribution in [-0.4, -0.2) is 78.3 Å². The van der Waals surface area contributed by atoms with E-state index in [-0.39, 0.29) is 0 Å². The van der Waals surface area contributed by atoms with E-state index in [9.17, 15) is 0 Å². The zero-order valence-corrected chi connectivity index (χ0v) is 18.6. The summed E-state index contributed by atoms with van der Waals surface area (Å²) >= 11 is 8.07. The lowest BCUT2D eigenvalue weighted by atomic mass is 10.00. The molecule has 5 heterocycles. The lowest BCUT2D eigenvalue weighted by molar-refractivity contribution is 0.0901. The summed E-state index contributed by atoms with van der Waals surface area (Å²) in [6, 6.07) is 3.01. The maximum absolute atomic E-state index is 6.24. The van der Waals surface area contributed by atoms with Crippen LogP contribution < -0.4 is 4.90 Å². The molecule has 0 atom stereocenters. The number of hydrogen-bond acceptors (Lipinski definition) is 7. The molecule has 3 aliphatic heterocycles. The fraction of sp³-hybridized carbons (Fsp3) is 0.714. The molecular formula is C21H30ClN5OS. The largest absolute Gasteiger partial charge is 0.378 e. The van der Waals surface area contributed by atoms with Crippen LogP contribution in [0.4, 0.5) is 5.82 Å². The van der Waals surface area contributed by atoms with Gasteiger partial charge in [0.25, 0.3) is 0 Å². The minimum absolute atomic E-state index is 0.339. The number of hydrogen-bond donors (Lipinski definition) is 0. The summed E-state index contributed by atoms with van der Waals surface area (Å²) in [4.78, 5) is 18.1. The number of rotatable bonds is 4. The molecule has 0 aromatic carbocycles. The zero-order valence-electron chi connectivity index (χ0n) is 17.0. The van der Waals surface area contributed by atoms with Crippen molar-refractivity contribution in [3.63, 3.8) is 0 Å². The molecule has 29 heavy (non-hydrogen) atoms. The number of halogens is 1. The zero-order chi connectivity index (χ0) is 19.6. The quantitative estimate of drug-likeness (QED) is 0.683. The van der Waals surface area contributed by atoms with Crippen LogP contribution in [0.2, 0.25) is 5.28 Å². The molecular weight excluding hydrogens is 406 g/mol. The van der Waals surface area contributed by atoms with Crippen LogP contribution >= 0.6 is 22.9 Å². The predicted molar refractivity (Wildman–Crippen MR) is 119 cm³/mol. The summed E-state index contributed by atoms with van der Waals surface area (Å²) in [5.41, 5.74) is 0.981.